The lowest BCUT2D eigenvalue weighted by Gasteiger charge is -2.34. The van der Waals surface area contributed by atoms with Crippen molar-refractivity contribution in [2.75, 3.05) is 29.7 Å². The average molecular weight is 350 g/mol. The molecule has 0 aliphatic carbocycles. The summed E-state index contributed by atoms with van der Waals surface area (Å²) in [5, 5.41) is -0.437. The molecule has 0 aromatic heterocycles. The minimum atomic E-state index is -3.36. The van der Waals surface area contributed by atoms with Gasteiger partial charge in [0.2, 0.25) is 0 Å². The minimum Gasteiger partial charge on any atom is -0.323 e. The summed E-state index contributed by atoms with van der Waals surface area (Å²) in [5.41, 5.74) is 3.12. The zero-order chi connectivity index (χ0) is 15.6. The number of nitrogen functional groups attached to an aromatic ring is 1. The highest BCUT2D eigenvalue weighted by atomic mass is 35.5. The Balaban J connectivity index is 2.40. The number of carbonyl (C=O) groups is 1. The molecule has 0 radical (unpaired) electrons. The van der Waals surface area contributed by atoms with Crippen molar-refractivity contribution < 1.29 is 13.2 Å². The molecule has 6 nitrogen and oxygen atoms in total. The number of rotatable bonds is 3. The fraction of sp³-hybridized carbons (Fsp3) is 0.417. The first-order chi connectivity index (χ1) is 9.84. The Bertz CT molecular complexity index is 651. The molecule has 1 saturated heterocycles. The van der Waals surface area contributed by atoms with Crippen LogP contribution >= 0.6 is 23.4 Å². The summed E-state index contributed by atoms with van der Waals surface area (Å²) in [6.07, 6.45) is 1.14. The van der Waals surface area contributed by atoms with E-state index in [4.69, 9.17) is 17.4 Å². The smallest absolute Gasteiger partial charge is 0.257 e. The molecule has 116 valence electrons. The number of halogens is 1. The maximum absolute atomic E-state index is 12.7. The third kappa shape index (κ3) is 3.63. The van der Waals surface area contributed by atoms with Crippen LogP contribution in [0.25, 0.3) is 0 Å². The molecule has 0 spiro atoms. The highest BCUT2D eigenvalue weighted by molar-refractivity contribution is 8.00. The summed E-state index contributed by atoms with van der Waals surface area (Å²) in [6, 6.07) is 4.68. The molecular weight excluding hydrogens is 334 g/mol. The molecule has 2 rings (SSSR count). The average Bonchev–Trinajstić information content (AvgIpc) is 2.45. The van der Waals surface area contributed by atoms with Crippen LogP contribution in [0.3, 0.4) is 0 Å². The van der Waals surface area contributed by atoms with Crippen molar-refractivity contribution in [1.29, 1.82) is 0 Å². The summed E-state index contributed by atoms with van der Waals surface area (Å²) in [7, 11) is -3.36. The molecule has 1 atom stereocenters. The molecule has 1 aliphatic rings. The third-order valence-electron chi connectivity index (χ3n) is 3.21. The predicted molar refractivity (Wildman–Crippen MR) is 86.3 cm³/mol. The molecule has 9 heteroatoms. The summed E-state index contributed by atoms with van der Waals surface area (Å²) in [6.45, 7) is 0.373. The normalized spacial score (nSPS) is 19.4. The number of benzene rings is 1. The van der Waals surface area contributed by atoms with Crippen LogP contribution in [0.1, 0.15) is 10.4 Å². The second kappa shape index (κ2) is 6.43. The first-order valence-corrected chi connectivity index (χ1v) is 9.67. The monoisotopic (exact) mass is 349 g/mol. The van der Waals surface area contributed by atoms with Crippen LogP contribution in [0.5, 0.6) is 0 Å². The van der Waals surface area contributed by atoms with Gasteiger partial charge in [0.15, 0.2) is 9.84 Å². The van der Waals surface area contributed by atoms with Gasteiger partial charge < -0.3 is 10.3 Å². The number of hydrogen-bond donors (Lipinski definition) is 2. The number of carbonyl (C=O) groups excluding carboxylic acids is 1. The highest BCUT2D eigenvalue weighted by Gasteiger charge is 2.35. The standard InChI is InChI=1S/C12H16ClN3O3S2/c1-21(18,19)11-7-20-5-4-16(11)12(17)9-6-8(13)2-3-10(9)15-14/h2-3,6,11,15H,4-5,7,14H2,1H3. The van der Waals surface area contributed by atoms with E-state index in [0.717, 1.165) is 6.26 Å². The lowest BCUT2D eigenvalue weighted by Crippen LogP contribution is -2.50. The van der Waals surface area contributed by atoms with Crippen molar-refractivity contribution in [3.05, 3.63) is 28.8 Å². The van der Waals surface area contributed by atoms with E-state index in [1.54, 1.807) is 12.1 Å². The molecule has 21 heavy (non-hydrogen) atoms. The number of sulfone groups is 1. The SMILES string of the molecule is CS(=O)(=O)C1CSCCN1C(=O)c1cc(Cl)ccc1NN. The summed E-state index contributed by atoms with van der Waals surface area (Å²) < 4.78 is 23.8. The molecule has 1 amide bonds. The molecule has 0 saturated carbocycles. The summed E-state index contributed by atoms with van der Waals surface area (Å²) >= 11 is 7.44. The number of nitrogens with one attached hydrogen (secondary N) is 1. The van der Waals surface area contributed by atoms with Crippen LogP contribution < -0.4 is 11.3 Å². The van der Waals surface area contributed by atoms with Gasteiger partial charge in [0.05, 0.1) is 11.3 Å². The molecule has 3 N–H and O–H groups in total. The summed E-state index contributed by atoms with van der Waals surface area (Å²) in [5.74, 6) is 6.08. The minimum absolute atomic E-state index is 0.269. The molecule has 1 unspecified atom stereocenters. The maximum Gasteiger partial charge on any atom is 0.257 e. The second-order valence-corrected chi connectivity index (χ2v) is 8.48. The van der Waals surface area contributed by atoms with Gasteiger partial charge in [-0.25, -0.2) is 8.42 Å². The van der Waals surface area contributed by atoms with Gasteiger partial charge in [0, 0.05) is 29.3 Å². The fourth-order valence-electron chi connectivity index (χ4n) is 2.14. The molecule has 1 aromatic rings. The summed E-state index contributed by atoms with van der Waals surface area (Å²) in [4.78, 5) is 14.1. The number of nitrogens with two attached hydrogens (primary N) is 1. The fourth-order valence-corrected chi connectivity index (χ4v) is 5.13. The van der Waals surface area contributed by atoms with E-state index in [2.05, 4.69) is 5.43 Å². The van der Waals surface area contributed by atoms with Gasteiger partial charge in [0.1, 0.15) is 5.37 Å². The number of hydrogen-bond acceptors (Lipinski definition) is 6. The molecule has 0 bridgehead atoms. The van der Waals surface area contributed by atoms with Crippen LogP contribution in [0.15, 0.2) is 18.2 Å². The highest BCUT2D eigenvalue weighted by Crippen LogP contribution is 2.26. The van der Waals surface area contributed by atoms with Gasteiger partial charge in [-0.05, 0) is 18.2 Å². The lowest BCUT2D eigenvalue weighted by molar-refractivity contribution is 0.0750. The van der Waals surface area contributed by atoms with Crippen LogP contribution in [-0.4, -0.2) is 48.9 Å². The second-order valence-electron chi connectivity index (χ2n) is 4.69. The molecular formula is C12H16ClN3O3S2. The van der Waals surface area contributed by atoms with E-state index in [0.29, 0.717) is 28.8 Å². The van der Waals surface area contributed by atoms with E-state index in [1.165, 1.54) is 22.7 Å². The Kier molecular flexibility index (Phi) is 5.03. The van der Waals surface area contributed by atoms with Gasteiger partial charge in [-0.2, -0.15) is 11.8 Å². The van der Waals surface area contributed by atoms with E-state index >= 15 is 0 Å². The van der Waals surface area contributed by atoms with Crippen molar-refractivity contribution in [2.24, 2.45) is 5.84 Å². The zero-order valence-corrected chi connectivity index (χ0v) is 13.8. The van der Waals surface area contributed by atoms with Crippen molar-refractivity contribution >= 4 is 44.8 Å². The van der Waals surface area contributed by atoms with Gasteiger partial charge in [-0.3, -0.25) is 10.6 Å². The molecule has 1 fully saturated rings. The number of amides is 1. The largest absolute Gasteiger partial charge is 0.323 e. The lowest BCUT2D eigenvalue weighted by atomic mass is 10.1. The van der Waals surface area contributed by atoms with E-state index in [1.807, 2.05) is 0 Å². The predicted octanol–water partition coefficient (Wildman–Crippen LogP) is 1.19. The molecule has 1 heterocycles. The first-order valence-electron chi connectivity index (χ1n) is 6.18. The third-order valence-corrected chi connectivity index (χ3v) is 6.09. The Labute approximate surface area is 132 Å². The zero-order valence-electron chi connectivity index (χ0n) is 11.4. The van der Waals surface area contributed by atoms with Crippen molar-refractivity contribution in [2.45, 2.75) is 5.37 Å². The van der Waals surface area contributed by atoms with Crippen LogP contribution in [0, 0.1) is 0 Å². The number of nitrogens with zero attached hydrogens (tertiary/aromatic N) is 1. The number of anilines is 1. The van der Waals surface area contributed by atoms with Crippen LogP contribution in [-0.2, 0) is 9.84 Å². The maximum atomic E-state index is 12.7. The van der Waals surface area contributed by atoms with Crippen molar-refractivity contribution in [3.63, 3.8) is 0 Å². The molecule has 1 aliphatic heterocycles. The topological polar surface area (TPSA) is 92.5 Å². The molecule has 1 aromatic carbocycles. The Morgan fingerprint density at radius 1 is 1.52 bits per heavy atom. The van der Waals surface area contributed by atoms with Crippen molar-refractivity contribution in [3.8, 4) is 0 Å². The van der Waals surface area contributed by atoms with Gasteiger partial charge >= 0.3 is 0 Å². The van der Waals surface area contributed by atoms with Gasteiger partial charge in [0.25, 0.3) is 5.91 Å². The Hall–Kier alpha value is -0.960. The van der Waals surface area contributed by atoms with Gasteiger partial charge in [-0.1, -0.05) is 11.6 Å². The first kappa shape index (κ1) is 16.4. The van der Waals surface area contributed by atoms with Gasteiger partial charge in [-0.15, -0.1) is 0 Å². The van der Waals surface area contributed by atoms with Crippen molar-refractivity contribution in [1.82, 2.24) is 4.90 Å². The van der Waals surface area contributed by atoms with Crippen LogP contribution in [0.4, 0.5) is 5.69 Å². The van der Waals surface area contributed by atoms with Crippen LogP contribution in [0.2, 0.25) is 5.02 Å². The quantitative estimate of drug-likeness (QED) is 0.629. The number of hydrazine groups is 1. The Morgan fingerprint density at radius 2 is 2.24 bits per heavy atom. The van der Waals surface area contributed by atoms with E-state index in [-0.39, 0.29) is 11.5 Å². The van der Waals surface area contributed by atoms with E-state index < -0.39 is 15.2 Å². The van der Waals surface area contributed by atoms with E-state index in [9.17, 15) is 13.2 Å². The number of thioether (sulfide) groups is 1. The Morgan fingerprint density at radius 3 is 2.86 bits per heavy atom.